The van der Waals surface area contributed by atoms with Gasteiger partial charge in [0.25, 0.3) is 0 Å². The van der Waals surface area contributed by atoms with Gasteiger partial charge < -0.3 is 0 Å². The van der Waals surface area contributed by atoms with Crippen LogP contribution in [0.4, 0.5) is 0 Å². The third-order valence-electron chi connectivity index (χ3n) is 2.00. The highest BCUT2D eigenvalue weighted by Crippen LogP contribution is 2.09. The lowest BCUT2D eigenvalue weighted by molar-refractivity contribution is 0.104. The molecule has 1 nitrogen and oxygen atoms in total. The van der Waals surface area contributed by atoms with Gasteiger partial charge >= 0.3 is 0 Å². The summed E-state index contributed by atoms with van der Waals surface area (Å²) in [6.07, 6.45) is 1.34. The van der Waals surface area contributed by atoms with Gasteiger partial charge in [0.15, 0.2) is 5.78 Å². The molecule has 0 aliphatic heterocycles. The van der Waals surface area contributed by atoms with E-state index in [2.05, 4.69) is 43.4 Å². The smallest absolute Gasteiger partial charge is 0.194 e. The molecule has 1 aromatic rings. The van der Waals surface area contributed by atoms with Gasteiger partial charge in [-0.3, -0.25) is 4.79 Å². The maximum absolute atomic E-state index is 11.8. The first kappa shape index (κ1) is 13.3. The Morgan fingerprint density at radius 3 is 2.53 bits per heavy atom. The predicted octanol–water partition coefficient (Wildman–Crippen LogP) is 3.44. The molecule has 0 bridgehead atoms. The Morgan fingerprint density at radius 2 is 1.94 bits per heavy atom. The van der Waals surface area contributed by atoms with Gasteiger partial charge in [-0.25, -0.2) is 0 Å². The van der Waals surface area contributed by atoms with Crippen molar-refractivity contribution in [1.82, 2.24) is 0 Å². The van der Waals surface area contributed by atoms with Crippen molar-refractivity contribution in [2.45, 2.75) is 19.6 Å². The van der Waals surface area contributed by atoms with E-state index < -0.39 is 8.07 Å². The summed E-state index contributed by atoms with van der Waals surface area (Å²) in [5.41, 5.74) is 7.17. The van der Waals surface area contributed by atoms with Gasteiger partial charge in [0.2, 0.25) is 0 Å². The van der Waals surface area contributed by atoms with Crippen LogP contribution in [0.2, 0.25) is 19.6 Å². The highest BCUT2D eigenvalue weighted by Gasteiger charge is 2.09. The summed E-state index contributed by atoms with van der Waals surface area (Å²) >= 11 is 0. The summed E-state index contributed by atoms with van der Waals surface area (Å²) in [7, 11) is -1.43. The molecule has 0 spiro atoms. The number of hydrogen-bond acceptors (Lipinski definition) is 1. The van der Waals surface area contributed by atoms with E-state index in [1.807, 2.05) is 18.2 Å². The largest absolute Gasteiger partial charge is 0.289 e. The summed E-state index contributed by atoms with van der Waals surface area (Å²) < 4.78 is 0. The molecule has 0 saturated heterocycles. The zero-order chi connectivity index (χ0) is 12.9. The molecule has 86 valence electrons. The lowest BCUT2D eigenvalue weighted by atomic mass is 10.0. The van der Waals surface area contributed by atoms with E-state index in [9.17, 15) is 4.79 Å². The van der Waals surface area contributed by atoms with Crippen LogP contribution < -0.4 is 0 Å². The van der Waals surface area contributed by atoms with Crippen LogP contribution in [0.1, 0.15) is 15.9 Å². The average molecular weight is 240 g/mol. The number of rotatable bonds is 2. The number of allylic oxidation sites excluding steroid dienone is 1. The molecule has 0 N–H and O–H groups in total. The van der Waals surface area contributed by atoms with E-state index in [1.54, 1.807) is 6.07 Å². The SMILES string of the molecule is C=C=CC(=O)c1ccccc1C#C[Si](C)(C)C. The average Bonchev–Trinajstić information content (AvgIpc) is 2.26. The molecule has 1 aromatic carbocycles. The Labute approximate surface area is 104 Å². The van der Waals surface area contributed by atoms with Crippen molar-refractivity contribution < 1.29 is 4.79 Å². The molecule has 0 heterocycles. The van der Waals surface area contributed by atoms with E-state index in [0.717, 1.165) is 5.56 Å². The van der Waals surface area contributed by atoms with Crippen LogP contribution in [0.5, 0.6) is 0 Å². The Morgan fingerprint density at radius 1 is 1.29 bits per heavy atom. The van der Waals surface area contributed by atoms with Gasteiger partial charge in [0.05, 0.1) is 0 Å². The quantitative estimate of drug-likeness (QED) is 0.254. The number of hydrogen-bond donors (Lipinski definition) is 0. The third kappa shape index (κ3) is 4.28. The second-order valence-corrected chi connectivity index (χ2v) is 9.51. The van der Waals surface area contributed by atoms with Crippen LogP contribution in [0.15, 0.2) is 42.7 Å². The summed E-state index contributed by atoms with van der Waals surface area (Å²) in [6, 6.07) is 7.38. The van der Waals surface area contributed by atoms with Crippen molar-refractivity contribution in [3.05, 3.63) is 53.8 Å². The number of carbonyl (C=O) groups is 1. The van der Waals surface area contributed by atoms with E-state index in [-0.39, 0.29) is 5.78 Å². The molecule has 0 aliphatic carbocycles. The lowest BCUT2D eigenvalue weighted by Crippen LogP contribution is -2.16. The normalized spacial score (nSPS) is 9.82. The lowest BCUT2D eigenvalue weighted by Gasteiger charge is -2.04. The first-order valence-corrected chi connectivity index (χ1v) is 8.96. The van der Waals surface area contributed by atoms with Gasteiger partial charge in [-0.1, -0.05) is 44.3 Å². The summed E-state index contributed by atoms with van der Waals surface area (Å²) in [5, 5.41) is 0. The van der Waals surface area contributed by atoms with Crippen LogP contribution in [0.3, 0.4) is 0 Å². The van der Waals surface area contributed by atoms with Crippen LogP contribution in [0.25, 0.3) is 0 Å². The number of carbonyl (C=O) groups excluding carboxylic acids is 1. The third-order valence-corrected chi connectivity index (χ3v) is 2.87. The molecular formula is C15H16OSi. The molecule has 0 radical (unpaired) electrons. The Balaban J connectivity index is 3.20. The van der Waals surface area contributed by atoms with Crippen molar-refractivity contribution >= 4 is 13.9 Å². The Hall–Kier alpha value is -1.81. The molecule has 2 heteroatoms. The number of benzene rings is 1. The second-order valence-electron chi connectivity index (χ2n) is 4.76. The molecule has 0 saturated carbocycles. The van der Waals surface area contributed by atoms with Crippen LogP contribution in [-0.4, -0.2) is 13.9 Å². The maximum atomic E-state index is 11.8. The molecule has 0 atom stereocenters. The molecule has 0 unspecified atom stereocenters. The van der Waals surface area contributed by atoms with Gasteiger partial charge in [0, 0.05) is 17.2 Å². The molecule has 0 fully saturated rings. The molecular weight excluding hydrogens is 224 g/mol. The fraction of sp³-hybridized carbons (Fsp3) is 0.200. The van der Waals surface area contributed by atoms with E-state index in [1.165, 1.54) is 6.08 Å². The van der Waals surface area contributed by atoms with Crippen LogP contribution in [-0.2, 0) is 0 Å². The fourth-order valence-electron chi connectivity index (χ4n) is 1.23. The molecule has 0 aliphatic rings. The topological polar surface area (TPSA) is 17.1 Å². The minimum Gasteiger partial charge on any atom is -0.289 e. The van der Waals surface area contributed by atoms with Gasteiger partial charge in [-0.15, -0.1) is 11.3 Å². The highest BCUT2D eigenvalue weighted by atomic mass is 28.3. The highest BCUT2D eigenvalue weighted by molar-refractivity contribution is 6.83. The first-order valence-electron chi connectivity index (χ1n) is 5.46. The van der Waals surface area contributed by atoms with Gasteiger partial charge in [0.1, 0.15) is 8.07 Å². The number of ketones is 1. The van der Waals surface area contributed by atoms with Crippen LogP contribution in [0, 0.1) is 11.5 Å². The van der Waals surface area contributed by atoms with Gasteiger partial charge in [-0.2, -0.15) is 0 Å². The van der Waals surface area contributed by atoms with Crippen molar-refractivity contribution in [2.75, 3.05) is 0 Å². The standard InChI is InChI=1S/C15H16OSi/c1-5-8-15(16)14-10-7-6-9-13(14)11-12-17(2,3)4/h6-10H,1H2,2-4H3. The summed E-state index contributed by atoms with van der Waals surface area (Å²) in [6.45, 7) is 9.93. The minimum absolute atomic E-state index is 0.0968. The van der Waals surface area contributed by atoms with E-state index in [4.69, 9.17) is 0 Å². The fourth-order valence-corrected chi connectivity index (χ4v) is 1.74. The molecule has 1 rings (SSSR count). The monoisotopic (exact) mass is 240 g/mol. The second kappa shape index (κ2) is 5.50. The molecule has 17 heavy (non-hydrogen) atoms. The van der Waals surface area contributed by atoms with E-state index in [0.29, 0.717) is 5.56 Å². The van der Waals surface area contributed by atoms with Crippen LogP contribution >= 0.6 is 0 Å². The van der Waals surface area contributed by atoms with Crippen molar-refractivity contribution in [3.8, 4) is 11.5 Å². The summed E-state index contributed by atoms with van der Waals surface area (Å²) in [4.78, 5) is 11.8. The maximum Gasteiger partial charge on any atom is 0.194 e. The first-order chi connectivity index (χ1) is 7.94. The minimum atomic E-state index is -1.43. The Bertz CT molecular complexity index is 532. The van der Waals surface area contributed by atoms with Crippen molar-refractivity contribution in [2.24, 2.45) is 0 Å². The zero-order valence-corrected chi connectivity index (χ0v) is 11.5. The van der Waals surface area contributed by atoms with Crippen molar-refractivity contribution in [3.63, 3.8) is 0 Å². The molecule has 0 aromatic heterocycles. The molecule has 0 amide bonds. The Kier molecular flexibility index (Phi) is 4.28. The van der Waals surface area contributed by atoms with Crippen molar-refractivity contribution in [1.29, 1.82) is 0 Å². The summed E-state index contributed by atoms with van der Waals surface area (Å²) in [5.74, 6) is 3.02. The van der Waals surface area contributed by atoms with E-state index >= 15 is 0 Å². The zero-order valence-electron chi connectivity index (χ0n) is 10.5. The van der Waals surface area contributed by atoms with Gasteiger partial charge in [-0.05, 0) is 12.1 Å². The predicted molar refractivity (Wildman–Crippen MR) is 74.7 cm³/mol.